The van der Waals surface area contributed by atoms with E-state index in [2.05, 4.69) is 5.32 Å². The van der Waals surface area contributed by atoms with Gasteiger partial charge in [0.2, 0.25) is 0 Å². The first-order chi connectivity index (χ1) is 13.7. The molecular formula is C24H20N2O2. The summed E-state index contributed by atoms with van der Waals surface area (Å²) in [5, 5.41) is 2.93. The molecule has 138 valence electrons. The summed E-state index contributed by atoms with van der Waals surface area (Å²) in [5.74, 6) is 1.36. The summed E-state index contributed by atoms with van der Waals surface area (Å²) in [7, 11) is 0. The number of benzene rings is 3. The van der Waals surface area contributed by atoms with Gasteiger partial charge in [0.1, 0.15) is 11.5 Å². The molecule has 1 amide bonds. The lowest BCUT2D eigenvalue weighted by atomic mass is 10.1. The number of amides is 1. The number of carbonyl (C=O) groups excluding carboxylic acids is 1. The molecule has 4 heteroatoms. The molecular weight excluding hydrogens is 348 g/mol. The van der Waals surface area contributed by atoms with Crippen molar-refractivity contribution >= 4 is 11.6 Å². The number of aromatic nitrogens is 1. The molecule has 0 spiro atoms. The highest BCUT2D eigenvalue weighted by Gasteiger charge is 2.08. The van der Waals surface area contributed by atoms with E-state index in [1.165, 1.54) is 0 Å². The maximum atomic E-state index is 12.6. The van der Waals surface area contributed by atoms with Crippen LogP contribution in [0.25, 0.3) is 5.69 Å². The van der Waals surface area contributed by atoms with Gasteiger partial charge in [-0.15, -0.1) is 0 Å². The average Bonchev–Trinajstić information content (AvgIpc) is 3.25. The van der Waals surface area contributed by atoms with Crippen LogP contribution in [-0.2, 0) is 0 Å². The third-order valence-electron chi connectivity index (χ3n) is 4.35. The number of aryl methyl sites for hydroxylation is 1. The Balaban J connectivity index is 1.44. The van der Waals surface area contributed by atoms with Crippen molar-refractivity contribution in [3.63, 3.8) is 0 Å². The smallest absolute Gasteiger partial charge is 0.255 e. The zero-order valence-corrected chi connectivity index (χ0v) is 15.5. The number of nitrogens with one attached hydrogen (secondary N) is 1. The van der Waals surface area contributed by atoms with Gasteiger partial charge in [0.15, 0.2) is 0 Å². The van der Waals surface area contributed by atoms with Gasteiger partial charge < -0.3 is 14.6 Å². The van der Waals surface area contributed by atoms with E-state index in [4.69, 9.17) is 4.74 Å². The summed E-state index contributed by atoms with van der Waals surface area (Å²) >= 11 is 0. The third kappa shape index (κ3) is 4.13. The van der Waals surface area contributed by atoms with Gasteiger partial charge in [-0.1, -0.05) is 18.2 Å². The fourth-order valence-electron chi connectivity index (χ4n) is 2.94. The van der Waals surface area contributed by atoms with Crippen LogP contribution in [0.3, 0.4) is 0 Å². The van der Waals surface area contributed by atoms with Crippen molar-refractivity contribution in [1.29, 1.82) is 0 Å². The fraction of sp³-hybridized carbons (Fsp3) is 0.0417. The van der Waals surface area contributed by atoms with Crippen molar-refractivity contribution in [3.8, 4) is 17.2 Å². The van der Waals surface area contributed by atoms with E-state index in [1.54, 1.807) is 6.07 Å². The molecule has 4 aromatic rings. The first-order valence-corrected chi connectivity index (χ1v) is 9.07. The highest BCUT2D eigenvalue weighted by Crippen LogP contribution is 2.24. The van der Waals surface area contributed by atoms with Gasteiger partial charge >= 0.3 is 0 Å². The van der Waals surface area contributed by atoms with Crippen molar-refractivity contribution in [2.24, 2.45) is 0 Å². The van der Waals surface area contributed by atoms with Crippen LogP contribution in [0.4, 0.5) is 5.69 Å². The molecule has 0 aliphatic carbocycles. The zero-order valence-electron chi connectivity index (χ0n) is 15.5. The normalized spacial score (nSPS) is 10.5. The van der Waals surface area contributed by atoms with E-state index in [-0.39, 0.29) is 5.91 Å². The first-order valence-electron chi connectivity index (χ1n) is 9.07. The molecule has 4 rings (SSSR count). The van der Waals surface area contributed by atoms with Crippen molar-refractivity contribution in [3.05, 3.63) is 108 Å². The lowest BCUT2D eigenvalue weighted by Crippen LogP contribution is -2.12. The van der Waals surface area contributed by atoms with Crippen LogP contribution in [0.1, 0.15) is 15.9 Å². The van der Waals surface area contributed by atoms with E-state index in [1.807, 2.05) is 103 Å². The molecule has 0 fully saturated rings. The van der Waals surface area contributed by atoms with E-state index in [0.29, 0.717) is 11.3 Å². The van der Waals surface area contributed by atoms with E-state index in [9.17, 15) is 4.79 Å². The summed E-state index contributed by atoms with van der Waals surface area (Å²) in [5.41, 5.74) is 3.40. The lowest BCUT2D eigenvalue weighted by molar-refractivity contribution is 0.102. The summed E-state index contributed by atoms with van der Waals surface area (Å²) in [4.78, 5) is 12.6. The minimum atomic E-state index is -0.152. The topological polar surface area (TPSA) is 43.3 Å². The second-order valence-corrected chi connectivity index (χ2v) is 6.54. The van der Waals surface area contributed by atoms with Crippen LogP contribution in [-0.4, -0.2) is 10.5 Å². The van der Waals surface area contributed by atoms with Gasteiger partial charge in [0.25, 0.3) is 5.91 Å². The minimum Gasteiger partial charge on any atom is -0.457 e. The fourth-order valence-corrected chi connectivity index (χ4v) is 2.94. The van der Waals surface area contributed by atoms with Crippen LogP contribution in [0, 0.1) is 6.92 Å². The molecule has 0 atom stereocenters. The highest BCUT2D eigenvalue weighted by molar-refractivity contribution is 6.04. The summed E-state index contributed by atoms with van der Waals surface area (Å²) in [6.45, 7) is 2.02. The van der Waals surface area contributed by atoms with E-state index < -0.39 is 0 Å². The van der Waals surface area contributed by atoms with Crippen LogP contribution < -0.4 is 10.1 Å². The summed E-state index contributed by atoms with van der Waals surface area (Å²) in [6.07, 6.45) is 3.90. The predicted octanol–water partition coefficient (Wildman–Crippen LogP) is 5.83. The Hall–Kier alpha value is -3.79. The van der Waals surface area contributed by atoms with Crippen molar-refractivity contribution in [2.45, 2.75) is 6.92 Å². The number of ether oxygens (including phenoxy) is 1. The molecule has 0 aliphatic heterocycles. The largest absolute Gasteiger partial charge is 0.457 e. The second kappa shape index (κ2) is 7.84. The molecule has 0 saturated heterocycles. The molecule has 3 aromatic carbocycles. The molecule has 4 nitrogen and oxygen atoms in total. The van der Waals surface area contributed by atoms with Gasteiger partial charge in [-0.25, -0.2) is 0 Å². The number of nitrogens with zero attached hydrogens (tertiary/aromatic N) is 1. The molecule has 1 aromatic heterocycles. The van der Waals surface area contributed by atoms with Gasteiger partial charge in [-0.05, 0) is 79.2 Å². The summed E-state index contributed by atoms with van der Waals surface area (Å²) < 4.78 is 7.81. The van der Waals surface area contributed by atoms with Gasteiger partial charge in [0.05, 0.1) is 0 Å². The SMILES string of the molecule is Cc1cccc(Oc2ccc(NC(=O)c3cccc(-n4cccc4)c3)cc2)c1. The molecule has 0 unspecified atom stereocenters. The van der Waals surface area contributed by atoms with Gasteiger partial charge in [-0.2, -0.15) is 0 Å². The van der Waals surface area contributed by atoms with Crippen LogP contribution in [0.5, 0.6) is 11.5 Å². The molecule has 0 radical (unpaired) electrons. The van der Waals surface area contributed by atoms with Crippen LogP contribution in [0.15, 0.2) is 97.3 Å². The van der Waals surface area contributed by atoms with Crippen LogP contribution in [0.2, 0.25) is 0 Å². The van der Waals surface area contributed by atoms with Gasteiger partial charge in [0, 0.05) is 29.3 Å². The average molecular weight is 368 g/mol. The van der Waals surface area contributed by atoms with E-state index >= 15 is 0 Å². The molecule has 0 aliphatic rings. The predicted molar refractivity (Wildman–Crippen MR) is 111 cm³/mol. The quantitative estimate of drug-likeness (QED) is 0.481. The Morgan fingerprint density at radius 2 is 1.57 bits per heavy atom. The molecule has 1 N–H and O–H groups in total. The Morgan fingerprint density at radius 1 is 0.821 bits per heavy atom. The molecule has 28 heavy (non-hydrogen) atoms. The lowest BCUT2D eigenvalue weighted by Gasteiger charge is -2.10. The monoisotopic (exact) mass is 368 g/mol. The third-order valence-corrected chi connectivity index (χ3v) is 4.35. The van der Waals surface area contributed by atoms with Crippen molar-refractivity contribution in [1.82, 2.24) is 4.57 Å². The molecule has 0 bridgehead atoms. The number of rotatable bonds is 5. The van der Waals surface area contributed by atoms with E-state index in [0.717, 1.165) is 22.7 Å². The van der Waals surface area contributed by atoms with Crippen molar-refractivity contribution < 1.29 is 9.53 Å². The first kappa shape index (κ1) is 17.6. The highest BCUT2D eigenvalue weighted by atomic mass is 16.5. The number of hydrogen-bond acceptors (Lipinski definition) is 2. The summed E-state index contributed by atoms with van der Waals surface area (Å²) in [6, 6.07) is 26.6. The molecule has 1 heterocycles. The number of anilines is 1. The number of hydrogen-bond donors (Lipinski definition) is 1. The molecule has 0 saturated carbocycles. The Labute approximate surface area is 164 Å². The maximum absolute atomic E-state index is 12.6. The standard InChI is InChI=1S/C24H20N2O2/c1-18-6-4-9-23(16-18)28-22-12-10-20(11-13-22)25-24(27)19-7-5-8-21(17-19)26-14-2-3-15-26/h2-17H,1H3,(H,25,27). The minimum absolute atomic E-state index is 0.152. The number of carbonyl (C=O) groups is 1. The Morgan fingerprint density at radius 3 is 2.32 bits per heavy atom. The Bertz CT molecular complexity index is 1080. The zero-order chi connectivity index (χ0) is 19.3. The van der Waals surface area contributed by atoms with Crippen molar-refractivity contribution in [2.75, 3.05) is 5.32 Å². The Kier molecular flexibility index (Phi) is 4.93. The second-order valence-electron chi connectivity index (χ2n) is 6.54. The maximum Gasteiger partial charge on any atom is 0.255 e. The van der Waals surface area contributed by atoms with Gasteiger partial charge in [-0.3, -0.25) is 4.79 Å². The van der Waals surface area contributed by atoms with Crippen LogP contribution >= 0.6 is 0 Å².